The predicted molar refractivity (Wildman–Crippen MR) is 69.5 cm³/mol. The van der Waals surface area contributed by atoms with Gasteiger partial charge in [0.2, 0.25) is 10.0 Å². The Bertz CT molecular complexity index is 548. The van der Waals surface area contributed by atoms with Gasteiger partial charge in [0.15, 0.2) is 11.1 Å². The number of anilines is 1. The molecule has 7 heteroatoms. The lowest BCUT2D eigenvalue weighted by Crippen LogP contribution is -2.26. The van der Waals surface area contributed by atoms with Crippen LogP contribution in [0.5, 0.6) is 0 Å². The summed E-state index contributed by atoms with van der Waals surface area (Å²) < 4.78 is 26.0. The smallest absolute Gasteiger partial charge is 0.250 e. The van der Waals surface area contributed by atoms with Gasteiger partial charge in [-0.3, -0.25) is 9.82 Å². The molecule has 0 aliphatic heterocycles. The number of H-pyrrole nitrogens is 1. The van der Waals surface area contributed by atoms with E-state index in [-0.39, 0.29) is 17.7 Å². The first-order chi connectivity index (χ1) is 8.20. The molecule has 1 aromatic rings. The van der Waals surface area contributed by atoms with Crippen LogP contribution in [0.4, 0.5) is 5.82 Å². The van der Waals surface area contributed by atoms with Crippen LogP contribution in [-0.4, -0.2) is 23.9 Å². The Morgan fingerprint density at radius 2 is 2.17 bits per heavy atom. The van der Waals surface area contributed by atoms with Crippen molar-refractivity contribution in [3.05, 3.63) is 11.8 Å². The number of sulfonamides is 1. The van der Waals surface area contributed by atoms with Gasteiger partial charge in [-0.2, -0.15) is 10.4 Å². The van der Waals surface area contributed by atoms with Crippen molar-refractivity contribution in [3.8, 4) is 6.07 Å². The second kappa shape index (κ2) is 4.98. The lowest BCUT2D eigenvalue weighted by atomic mass is 9.92. The van der Waals surface area contributed by atoms with Crippen molar-refractivity contribution >= 4 is 15.8 Å². The summed E-state index contributed by atoms with van der Waals surface area (Å²) in [7, 11) is -3.70. The van der Waals surface area contributed by atoms with E-state index in [4.69, 9.17) is 5.26 Å². The maximum Gasteiger partial charge on any atom is 0.250 e. The second-order valence-corrected chi connectivity index (χ2v) is 6.95. The van der Waals surface area contributed by atoms with Gasteiger partial charge < -0.3 is 0 Å². The Kier molecular flexibility index (Phi) is 4.02. The molecule has 0 amide bonds. The molecule has 1 aromatic heterocycles. The first-order valence-electron chi connectivity index (χ1n) is 5.68. The molecule has 0 aromatic carbocycles. The fourth-order valence-corrected chi connectivity index (χ4v) is 2.47. The zero-order valence-electron chi connectivity index (χ0n) is 11.0. The zero-order chi connectivity index (χ0) is 14.0. The van der Waals surface area contributed by atoms with Gasteiger partial charge in [0.25, 0.3) is 0 Å². The van der Waals surface area contributed by atoms with Crippen molar-refractivity contribution < 1.29 is 8.42 Å². The Hall–Kier alpha value is -1.55. The molecule has 0 aliphatic carbocycles. The normalized spacial score (nSPS) is 13.9. The largest absolute Gasteiger partial charge is 0.280 e. The minimum Gasteiger partial charge on any atom is -0.280 e. The molecule has 6 nitrogen and oxygen atoms in total. The van der Waals surface area contributed by atoms with Gasteiger partial charge in [0.1, 0.15) is 0 Å². The summed E-state index contributed by atoms with van der Waals surface area (Å²) in [4.78, 5) is 0. The molecule has 2 N–H and O–H groups in total. The summed E-state index contributed by atoms with van der Waals surface area (Å²) in [5.41, 5.74) is 0.681. The molecule has 0 fully saturated rings. The molecule has 0 saturated heterocycles. The van der Waals surface area contributed by atoms with E-state index in [1.165, 1.54) is 0 Å². The molecule has 1 atom stereocenters. The third-order valence-electron chi connectivity index (χ3n) is 2.52. The highest BCUT2D eigenvalue weighted by Crippen LogP contribution is 2.22. The van der Waals surface area contributed by atoms with E-state index < -0.39 is 15.3 Å². The van der Waals surface area contributed by atoms with Crippen LogP contribution in [0.15, 0.2) is 6.07 Å². The summed E-state index contributed by atoms with van der Waals surface area (Å²) in [6.07, 6.45) is 0.238. The van der Waals surface area contributed by atoms with E-state index in [9.17, 15) is 8.42 Å². The van der Waals surface area contributed by atoms with Gasteiger partial charge in [-0.25, -0.2) is 8.42 Å². The minimum atomic E-state index is -3.70. The molecule has 1 heterocycles. The number of rotatable bonds is 4. The van der Waals surface area contributed by atoms with E-state index in [0.717, 1.165) is 5.69 Å². The fraction of sp³-hybridized carbons (Fsp3) is 0.636. The molecular formula is C11H18N4O2S. The van der Waals surface area contributed by atoms with Gasteiger partial charge >= 0.3 is 0 Å². The predicted octanol–water partition coefficient (Wildman–Crippen LogP) is 1.75. The van der Waals surface area contributed by atoms with E-state index in [2.05, 4.69) is 14.9 Å². The molecule has 18 heavy (non-hydrogen) atoms. The summed E-state index contributed by atoms with van der Waals surface area (Å²) in [6, 6.07) is 3.40. The number of nitriles is 1. The van der Waals surface area contributed by atoms with E-state index in [0.29, 0.717) is 0 Å². The molecule has 0 spiro atoms. The highest BCUT2D eigenvalue weighted by atomic mass is 32.2. The molecule has 100 valence electrons. The van der Waals surface area contributed by atoms with Gasteiger partial charge in [0, 0.05) is 17.2 Å². The Labute approximate surface area is 107 Å². The first kappa shape index (κ1) is 14.5. The molecule has 0 saturated carbocycles. The van der Waals surface area contributed by atoms with Crippen molar-refractivity contribution in [3.63, 3.8) is 0 Å². The van der Waals surface area contributed by atoms with Crippen molar-refractivity contribution in [1.82, 2.24) is 10.2 Å². The summed E-state index contributed by atoms with van der Waals surface area (Å²) >= 11 is 0. The van der Waals surface area contributed by atoms with Crippen LogP contribution in [0.25, 0.3) is 0 Å². The number of aromatic amines is 1. The zero-order valence-corrected chi connectivity index (χ0v) is 11.8. The third kappa shape index (κ3) is 3.23. The molecule has 0 aliphatic rings. The second-order valence-electron chi connectivity index (χ2n) is 5.09. The maximum absolute atomic E-state index is 11.8. The Morgan fingerprint density at radius 1 is 1.56 bits per heavy atom. The van der Waals surface area contributed by atoms with Crippen molar-refractivity contribution in [2.75, 3.05) is 4.72 Å². The highest BCUT2D eigenvalue weighted by Gasteiger charge is 2.25. The molecule has 0 bridgehead atoms. The van der Waals surface area contributed by atoms with Crippen molar-refractivity contribution in [1.29, 1.82) is 5.26 Å². The average molecular weight is 270 g/mol. The lowest BCUT2D eigenvalue weighted by molar-refractivity contribution is 0.567. The average Bonchev–Trinajstić information content (AvgIpc) is 2.66. The van der Waals surface area contributed by atoms with Crippen LogP contribution < -0.4 is 4.72 Å². The maximum atomic E-state index is 11.8. The molecule has 1 unspecified atom stereocenters. The monoisotopic (exact) mass is 270 g/mol. The van der Waals surface area contributed by atoms with Crippen LogP contribution in [0.1, 0.15) is 39.8 Å². The van der Waals surface area contributed by atoms with E-state index in [1.54, 1.807) is 19.1 Å². The standard InChI is InChI=1S/C11H18N4O2S/c1-5-8(7-12)18(16,17)15-10-6-9(13-14-10)11(2,3)4/h6,8H,5H2,1-4H3,(H2,13,14,15). The number of nitrogens with zero attached hydrogens (tertiary/aromatic N) is 2. The third-order valence-corrected chi connectivity index (χ3v) is 4.20. The quantitative estimate of drug-likeness (QED) is 0.870. The van der Waals surface area contributed by atoms with Crippen LogP contribution in [-0.2, 0) is 15.4 Å². The summed E-state index contributed by atoms with van der Waals surface area (Å²) in [5.74, 6) is 0.216. The number of hydrogen-bond donors (Lipinski definition) is 2. The highest BCUT2D eigenvalue weighted by molar-refractivity contribution is 7.93. The van der Waals surface area contributed by atoms with Crippen molar-refractivity contribution in [2.45, 2.75) is 44.8 Å². The topological polar surface area (TPSA) is 98.6 Å². The van der Waals surface area contributed by atoms with Crippen LogP contribution in [0.2, 0.25) is 0 Å². The number of nitrogens with one attached hydrogen (secondary N) is 2. The minimum absolute atomic E-state index is 0.143. The lowest BCUT2D eigenvalue weighted by Gasteiger charge is -2.14. The molecule has 0 radical (unpaired) electrons. The van der Waals surface area contributed by atoms with Crippen LogP contribution in [0.3, 0.4) is 0 Å². The summed E-state index contributed by atoms with van der Waals surface area (Å²) in [6.45, 7) is 7.62. The van der Waals surface area contributed by atoms with Crippen LogP contribution >= 0.6 is 0 Å². The van der Waals surface area contributed by atoms with Gasteiger partial charge in [-0.15, -0.1) is 0 Å². The van der Waals surface area contributed by atoms with E-state index in [1.807, 2.05) is 20.8 Å². The molecule has 1 rings (SSSR count). The van der Waals surface area contributed by atoms with Crippen LogP contribution in [0, 0.1) is 11.3 Å². The van der Waals surface area contributed by atoms with Gasteiger partial charge in [-0.1, -0.05) is 27.7 Å². The Morgan fingerprint density at radius 3 is 2.56 bits per heavy atom. The van der Waals surface area contributed by atoms with Crippen molar-refractivity contribution in [2.24, 2.45) is 0 Å². The first-order valence-corrected chi connectivity index (χ1v) is 7.22. The van der Waals surface area contributed by atoms with E-state index >= 15 is 0 Å². The summed E-state index contributed by atoms with van der Waals surface area (Å²) in [5, 5.41) is 14.4. The number of hydrogen-bond acceptors (Lipinski definition) is 4. The Balaban J connectivity index is 2.93. The van der Waals surface area contributed by atoms with Gasteiger partial charge in [-0.05, 0) is 6.42 Å². The molecular weight excluding hydrogens is 252 g/mol. The fourth-order valence-electron chi connectivity index (χ4n) is 1.36. The van der Waals surface area contributed by atoms with Gasteiger partial charge in [0.05, 0.1) is 6.07 Å². The number of aromatic nitrogens is 2. The SMILES string of the molecule is CCC(C#N)S(=O)(=O)Nc1cc(C(C)(C)C)[nH]n1.